The minimum atomic E-state index is -0.555. The topological polar surface area (TPSA) is 52.6 Å². The van der Waals surface area contributed by atoms with Crippen LogP contribution in [0.5, 0.6) is 5.75 Å². The second-order valence-corrected chi connectivity index (χ2v) is 4.47. The molecule has 4 nitrogen and oxygen atoms in total. The number of hydrogen-bond donors (Lipinski definition) is 2. The van der Waals surface area contributed by atoms with Crippen LogP contribution in [0.15, 0.2) is 18.2 Å². The van der Waals surface area contributed by atoms with Gasteiger partial charge in [0.25, 0.3) is 5.91 Å². The van der Waals surface area contributed by atoms with Gasteiger partial charge in [0.1, 0.15) is 11.6 Å². The molecule has 1 amide bonds. The van der Waals surface area contributed by atoms with Crippen molar-refractivity contribution in [2.45, 2.75) is 12.8 Å². The summed E-state index contributed by atoms with van der Waals surface area (Å²) in [6.07, 6.45) is 2.43. The summed E-state index contributed by atoms with van der Waals surface area (Å²) in [6.45, 7) is 3.51. The standard InChI is InChI=1S/C13H17FN2O2/c14-10-3-4-11(12(17)9-10)13(18)15-5-8-16-6-1-2-7-16/h3-4,9,17H,1-2,5-8H2,(H,15,18). The van der Waals surface area contributed by atoms with Gasteiger partial charge in [0.15, 0.2) is 0 Å². The van der Waals surface area contributed by atoms with Crippen LogP contribution in [-0.4, -0.2) is 42.1 Å². The molecule has 18 heavy (non-hydrogen) atoms. The van der Waals surface area contributed by atoms with Gasteiger partial charge in [0, 0.05) is 19.2 Å². The molecule has 0 bridgehead atoms. The summed E-state index contributed by atoms with van der Waals surface area (Å²) in [5.74, 6) is -1.25. The van der Waals surface area contributed by atoms with Gasteiger partial charge < -0.3 is 15.3 Å². The summed E-state index contributed by atoms with van der Waals surface area (Å²) in [5, 5.41) is 12.2. The second kappa shape index (κ2) is 5.82. The molecule has 2 N–H and O–H groups in total. The van der Waals surface area contributed by atoms with Crippen LogP contribution >= 0.6 is 0 Å². The number of nitrogens with one attached hydrogen (secondary N) is 1. The van der Waals surface area contributed by atoms with E-state index in [0.29, 0.717) is 6.54 Å². The van der Waals surface area contributed by atoms with Crippen LogP contribution in [0, 0.1) is 5.82 Å². The number of phenols is 1. The molecule has 1 aromatic rings. The maximum Gasteiger partial charge on any atom is 0.255 e. The molecule has 98 valence electrons. The Balaban J connectivity index is 1.83. The van der Waals surface area contributed by atoms with Crippen molar-refractivity contribution >= 4 is 5.91 Å². The van der Waals surface area contributed by atoms with Crippen molar-refractivity contribution in [1.82, 2.24) is 10.2 Å². The zero-order valence-corrected chi connectivity index (χ0v) is 10.2. The molecule has 2 rings (SSSR count). The third kappa shape index (κ3) is 3.20. The number of carbonyl (C=O) groups is 1. The number of nitrogens with zero attached hydrogens (tertiary/aromatic N) is 1. The molecule has 0 radical (unpaired) electrons. The van der Waals surface area contributed by atoms with Gasteiger partial charge >= 0.3 is 0 Å². The van der Waals surface area contributed by atoms with Crippen LogP contribution in [0.1, 0.15) is 23.2 Å². The average Bonchev–Trinajstić information content (AvgIpc) is 2.81. The number of carbonyl (C=O) groups excluding carboxylic acids is 1. The third-order valence-electron chi connectivity index (χ3n) is 3.12. The maximum absolute atomic E-state index is 12.8. The molecule has 1 heterocycles. The minimum absolute atomic E-state index is 0.109. The molecule has 1 saturated heterocycles. The lowest BCUT2D eigenvalue weighted by molar-refractivity contribution is 0.0947. The van der Waals surface area contributed by atoms with E-state index in [2.05, 4.69) is 10.2 Å². The monoisotopic (exact) mass is 252 g/mol. The first kappa shape index (κ1) is 12.8. The molecule has 0 spiro atoms. The van der Waals surface area contributed by atoms with E-state index in [4.69, 9.17) is 0 Å². The lowest BCUT2D eigenvalue weighted by atomic mass is 10.2. The van der Waals surface area contributed by atoms with Crippen molar-refractivity contribution in [3.05, 3.63) is 29.6 Å². The van der Waals surface area contributed by atoms with E-state index in [0.717, 1.165) is 31.8 Å². The Bertz CT molecular complexity index is 431. The number of likely N-dealkylation sites (tertiary alicyclic amines) is 1. The van der Waals surface area contributed by atoms with E-state index >= 15 is 0 Å². The van der Waals surface area contributed by atoms with Crippen molar-refractivity contribution < 1.29 is 14.3 Å². The second-order valence-electron chi connectivity index (χ2n) is 4.47. The number of aromatic hydroxyl groups is 1. The number of halogens is 1. The fourth-order valence-corrected chi connectivity index (χ4v) is 2.13. The van der Waals surface area contributed by atoms with E-state index in [-0.39, 0.29) is 17.2 Å². The zero-order valence-electron chi connectivity index (χ0n) is 10.2. The molecule has 0 aromatic heterocycles. The van der Waals surface area contributed by atoms with E-state index in [1.165, 1.54) is 18.9 Å². The molecule has 0 saturated carbocycles. The first-order chi connectivity index (χ1) is 8.66. The van der Waals surface area contributed by atoms with Crippen molar-refractivity contribution in [3.63, 3.8) is 0 Å². The van der Waals surface area contributed by atoms with Crippen molar-refractivity contribution in [1.29, 1.82) is 0 Å². The highest BCUT2D eigenvalue weighted by molar-refractivity contribution is 5.96. The SMILES string of the molecule is O=C(NCCN1CCCC1)c1ccc(F)cc1O. The van der Waals surface area contributed by atoms with E-state index < -0.39 is 5.82 Å². The molecule has 1 aliphatic rings. The number of phenolic OH excluding ortho intramolecular Hbond substituents is 1. The van der Waals surface area contributed by atoms with E-state index in [9.17, 15) is 14.3 Å². The first-order valence-electron chi connectivity index (χ1n) is 6.16. The quantitative estimate of drug-likeness (QED) is 0.850. The lowest BCUT2D eigenvalue weighted by Gasteiger charge is -2.14. The Morgan fingerprint density at radius 2 is 2.11 bits per heavy atom. The number of hydrogen-bond acceptors (Lipinski definition) is 3. The minimum Gasteiger partial charge on any atom is -0.507 e. The fraction of sp³-hybridized carbons (Fsp3) is 0.462. The van der Waals surface area contributed by atoms with Crippen LogP contribution in [-0.2, 0) is 0 Å². The number of amides is 1. The maximum atomic E-state index is 12.8. The zero-order chi connectivity index (χ0) is 13.0. The molecule has 5 heteroatoms. The predicted molar refractivity (Wildman–Crippen MR) is 66.1 cm³/mol. The molecule has 1 aliphatic heterocycles. The van der Waals surface area contributed by atoms with Crippen LogP contribution in [0.25, 0.3) is 0 Å². The molecule has 0 atom stereocenters. The summed E-state index contributed by atoms with van der Waals surface area (Å²) >= 11 is 0. The lowest BCUT2D eigenvalue weighted by Crippen LogP contribution is -2.33. The highest BCUT2D eigenvalue weighted by Gasteiger charge is 2.13. The highest BCUT2D eigenvalue weighted by atomic mass is 19.1. The average molecular weight is 252 g/mol. The number of benzene rings is 1. The largest absolute Gasteiger partial charge is 0.507 e. The summed E-state index contributed by atoms with van der Waals surface area (Å²) in [5.41, 5.74) is 0.109. The van der Waals surface area contributed by atoms with E-state index in [1.807, 2.05) is 0 Å². The van der Waals surface area contributed by atoms with Gasteiger partial charge in [-0.3, -0.25) is 4.79 Å². The number of rotatable bonds is 4. The van der Waals surface area contributed by atoms with Gasteiger partial charge in [0.05, 0.1) is 5.56 Å². The van der Waals surface area contributed by atoms with Crippen LogP contribution in [0.4, 0.5) is 4.39 Å². The molecule has 0 unspecified atom stereocenters. The summed E-state index contributed by atoms with van der Waals surface area (Å²) < 4.78 is 12.8. The van der Waals surface area contributed by atoms with E-state index in [1.54, 1.807) is 0 Å². The highest BCUT2D eigenvalue weighted by Crippen LogP contribution is 2.17. The van der Waals surface area contributed by atoms with Gasteiger partial charge in [-0.1, -0.05) is 0 Å². The fourth-order valence-electron chi connectivity index (χ4n) is 2.13. The molecular weight excluding hydrogens is 235 g/mol. The van der Waals surface area contributed by atoms with Gasteiger partial charge in [-0.25, -0.2) is 4.39 Å². The van der Waals surface area contributed by atoms with Crippen LogP contribution in [0.3, 0.4) is 0 Å². The Morgan fingerprint density at radius 3 is 2.78 bits per heavy atom. The van der Waals surface area contributed by atoms with Gasteiger partial charge in [-0.05, 0) is 38.1 Å². The van der Waals surface area contributed by atoms with Crippen LogP contribution in [0.2, 0.25) is 0 Å². The molecule has 1 aromatic carbocycles. The summed E-state index contributed by atoms with van der Waals surface area (Å²) in [6, 6.07) is 3.39. The molecule has 1 fully saturated rings. The Hall–Kier alpha value is -1.62. The predicted octanol–water partition coefficient (Wildman–Crippen LogP) is 1.36. The van der Waals surface area contributed by atoms with Crippen molar-refractivity contribution in [2.75, 3.05) is 26.2 Å². The summed E-state index contributed by atoms with van der Waals surface area (Å²) in [7, 11) is 0. The van der Waals surface area contributed by atoms with Gasteiger partial charge in [-0.15, -0.1) is 0 Å². The van der Waals surface area contributed by atoms with Crippen LogP contribution < -0.4 is 5.32 Å². The molecule has 0 aliphatic carbocycles. The Kier molecular flexibility index (Phi) is 4.15. The van der Waals surface area contributed by atoms with Crippen molar-refractivity contribution in [3.8, 4) is 5.75 Å². The van der Waals surface area contributed by atoms with Gasteiger partial charge in [0.2, 0.25) is 0 Å². The first-order valence-corrected chi connectivity index (χ1v) is 6.16. The normalized spacial score (nSPS) is 15.8. The Labute approximate surface area is 105 Å². The van der Waals surface area contributed by atoms with Crippen molar-refractivity contribution in [2.24, 2.45) is 0 Å². The smallest absolute Gasteiger partial charge is 0.255 e. The Morgan fingerprint density at radius 1 is 1.39 bits per heavy atom. The van der Waals surface area contributed by atoms with Gasteiger partial charge in [-0.2, -0.15) is 0 Å². The third-order valence-corrected chi connectivity index (χ3v) is 3.12. The molecular formula is C13H17FN2O2. The summed E-state index contributed by atoms with van der Waals surface area (Å²) in [4.78, 5) is 14.0.